The third-order valence-electron chi connectivity index (χ3n) is 3.54. The maximum absolute atomic E-state index is 12.0. The maximum atomic E-state index is 12.0. The highest BCUT2D eigenvalue weighted by Crippen LogP contribution is 2.23. The van der Waals surface area contributed by atoms with Crippen molar-refractivity contribution >= 4 is 27.5 Å². The van der Waals surface area contributed by atoms with E-state index in [0.29, 0.717) is 11.0 Å². The van der Waals surface area contributed by atoms with Gasteiger partial charge in [-0.05, 0) is 51.0 Å². The largest absolute Gasteiger partial charge is 0.352 e. The lowest BCUT2D eigenvalue weighted by atomic mass is 10.1. The van der Waals surface area contributed by atoms with E-state index in [0.717, 1.165) is 26.1 Å². The smallest absolute Gasteiger partial charge is 0.283 e. The van der Waals surface area contributed by atoms with Gasteiger partial charge in [-0.3, -0.25) is 14.9 Å². The van der Waals surface area contributed by atoms with Crippen LogP contribution in [0.1, 0.15) is 29.6 Å². The first-order valence-corrected chi connectivity index (χ1v) is 7.82. The summed E-state index contributed by atoms with van der Waals surface area (Å²) < 4.78 is 0.583. The summed E-state index contributed by atoms with van der Waals surface area (Å²) in [5.41, 5.74) is -0.0780. The number of likely N-dealkylation sites (tertiary alicyclic amines) is 1. The lowest BCUT2D eigenvalue weighted by molar-refractivity contribution is -0.385. The van der Waals surface area contributed by atoms with Crippen LogP contribution in [0, 0.1) is 10.1 Å². The van der Waals surface area contributed by atoms with Crippen LogP contribution in [0.4, 0.5) is 5.69 Å². The minimum Gasteiger partial charge on any atom is -0.352 e. The van der Waals surface area contributed by atoms with E-state index in [1.165, 1.54) is 25.0 Å². The summed E-state index contributed by atoms with van der Waals surface area (Å²) in [6.07, 6.45) is 3.35. The number of nitrogens with zero attached hydrogens (tertiary/aromatic N) is 2. The molecule has 0 radical (unpaired) electrons. The van der Waals surface area contributed by atoms with Crippen LogP contribution in [0.3, 0.4) is 0 Å². The molecule has 1 heterocycles. The zero-order valence-corrected chi connectivity index (χ0v) is 13.3. The van der Waals surface area contributed by atoms with E-state index in [9.17, 15) is 14.9 Å². The molecular weight excluding hydrogens is 338 g/mol. The fraction of sp³-hybridized carbons (Fsp3) is 0.500. The first-order valence-electron chi connectivity index (χ1n) is 7.02. The number of nitro groups is 1. The van der Waals surface area contributed by atoms with Crippen LogP contribution < -0.4 is 5.32 Å². The van der Waals surface area contributed by atoms with Crippen LogP contribution in [0.2, 0.25) is 0 Å². The number of rotatable bonds is 6. The molecule has 1 aliphatic rings. The van der Waals surface area contributed by atoms with Gasteiger partial charge in [0.25, 0.3) is 11.6 Å². The summed E-state index contributed by atoms with van der Waals surface area (Å²) in [4.78, 5) is 24.8. The Morgan fingerprint density at radius 3 is 2.76 bits per heavy atom. The fourth-order valence-electron chi connectivity index (χ4n) is 2.45. The molecule has 0 bridgehead atoms. The van der Waals surface area contributed by atoms with Crippen molar-refractivity contribution in [1.82, 2.24) is 10.2 Å². The van der Waals surface area contributed by atoms with Crippen molar-refractivity contribution in [2.75, 3.05) is 26.2 Å². The van der Waals surface area contributed by atoms with Gasteiger partial charge in [-0.25, -0.2) is 0 Å². The molecule has 0 unspecified atom stereocenters. The Morgan fingerprint density at radius 2 is 2.10 bits per heavy atom. The predicted molar refractivity (Wildman–Crippen MR) is 83.4 cm³/mol. The SMILES string of the molecule is O=C(NCCCN1CCCC1)c1ccc(Br)cc1[N+](=O)[O-]. The van der Waals surface area contributed by atoms with Crippen molar-refractivity contribution in [3.8, 4) is 0 Å². The van der Waals surface area contributed by atoms with E-state index in [-0.39, 0.29) is 11.3 Å². The van der Waals surface area contributed by atoms with Gasteiger partial charge >= 0.3 is 0 Å². The molecule has 1 aromatic carbocycles. The van der Waals surface area contributed by atoms with E-state index in [1.54, 1.807) is 6.07 Å². The van der Waals surface area contributed by atoms with Crippen molar-refractivity contribution in [3.05, 3.63) is 38.3 Å². The molecular formula is C14H18BrN3O3. The standard InChI is InChI=1S/C14H18BrN3O3/c15-11-4-5-12(13(10-11)18(20)21)14(19)16-6-3-9-17-7-1-2-8-17/h4-5,10H,1-3,6-9H2,(H,16,19). The molecule has 1 aliphatic heterocycles. The second-order valence-corrected chi connectivity index (χ2v) is 5.99. The second kappa shape index (κ2) is 7.51. The minimum absolute atomic E-state index is 0.101. The molecule has 1 saturated heterocycles. The number of carbonyl (C=O) groups is 1. The lowest BCUT2D eigenvalue weighted by Crippen LogP contribution is -2.29. The van der Waals surface area contributed by atoms with E-state index in [4.69, 9.17) is 0 Å². The number of nitrogens with one attached hydrogen (secondary N) is 1. The van der Waals surface area contributed by atoms with Crippen LogP contribution in [-0.4, -0.2) is 41.9 Å². The molecule has 1 N–H and O–H groups in total. The molecule has 0 atom stereocenters. The Bertz CT molecular complexity index is 530. The first-order chi connectivity index (χ1) is 10.1. The monoisotopic (exact) mass is 355 g/mol. The summed E-state index contributed by atoms with van der Waals surface area (Å²) in [6.45, 7) is 3.75. The summed E-state index contributed by atoms with van der Waals surface area (Å²) in [5, 5.41) is 13.7. The van der Waals surface area contributed by atoms with Crippen molar-refractivity contribution in [3.63, 3.8) is 0 Å². The number of amides is 1. The molecule has 7 heteroatoms. The van der Waals surface area contributed by atoms with Gasteiger partial charge in [0.2, 0.25) is 0 Å². The molecule has 0 saturated carbocycles. The van der Waals surface area contributed by atoms with Gasteiger partial charge in [0.15, 0.2) is 0 Å². The molecule has 114 valence electrons. The van der Waals surface area contributed by atoms with Gasteiger partial charge in [0.05, 0.1) is 4.92 Å². The molecule has 21 heavy (non-hydrogen) atoms. The van der Waals surface area contributed by atoms with Crippen molar-refractivity contribution < 1.29 is 9.72 Å². The van der Waals surface area contributed by atoms with Crippen LogP contribution in [0.25, 0.3) is 0 Å². The van der Waals surface area contributed by atoms with Crippen molar-refractivity contribution in [2.24, 2.45) is 0 Å². The minimum atomic E-state index is -0.538. The second-order valence-electron chi connectivity index (χ2n) is 5.08. The van der Waals surface area contributed by atoms with Crippen LogP contribution in [0.5, 0.6) is 0 Å². The van der Waals surface area contributed by atoms with Gasteiger partial charge < -0.3 is 10.2 Å². The van der Waals surface area contributed by atoms with Gasteiger partial charge in [0.1, 0.15) is 5.56 Å². The zero-order chi connectivity index (χ0) is 15.2. The topological polar surface area (TPSA) is 75.5 Å². The molecule has 6 nitrogen and oxygen atoms in total. The van der Waals surface area contributed by atoms with Crippen LogP contribution in [-0.2, 0) is 0 Å². The van der Waals surface area contributed by atoms with Gasteiger partial charge in [0, 0.05) is 17.1 Å². The van der Waals surface area contributed by atoms with E-state index in [1.807, 2.05) is 0 Å². The zero-order valence-electron chi connectivity index (χ0n) is 11.7. The summed E-state index contributed by atoms with van der Waals surface area (Å²) >= 11 is 3.17. The number of benzene rings is 1. The third kappa shape index (κ3) is 4.50. The Kier molecular flexibility index (Phi) is 5.69. The molecule has 0 spiro atoms. The average Bonchev–Trinajstić information content (AvgIpc) is 2.96. The fourth-order valence-corrected chi connectivity index (χ4v) is 2.80. The summed E-state index contributed by atoms with van der Waals surface area (Å²) in [6, 6.07) is 4.45. The quantitative estimate of drug-likeness (QED) is 0.483. The van der Waals surface area contributed by atoms with Gasteiger partial charge in [-0.2, -0.15) is 0 Å². The lowest BCUT2D eigenvalue weighted by Gasteiger charge is -2.14. The predicted octanol–water partition coefficient (Wildman–Crippen LogP) is 2.57. The summed E-state index contributed by atoms with van der Waals surface area (Å²) in [7, 11) is 0. The number of halogens is 1. The average molecular weight is 356 g/mol. The van der Waals surface area contributed by atoms with Crippen molar-refractivity contribution in [2.45, 2.75) is 19.3 Å². The Hall–Kier alpha value is -1.47. The molecule has 1 fully saturated rings. The normalized spacial score (nSPS) is 15.1. The Balaban J connectivity index is 1.86. The molecule has 1 amide bonds. The van der Waals surface area contributed by atoms with Crippen LogP contribution >= 0.6 is 15.9 Å². The van der Waals surface area contributed by atoms with E-state index >= 15 is 0 Å². The first kappa shape index (κ1) is 15.9. The number of hydrogen-bond acceptors (Lipinski definition) is 4. The van der Waals surface area contributed by atoms with Crippen LogP contribution in [0.15, 0.2) is 22.7 Å². The van der Waals surface area contributed by atoms with Gasteiger partial charge in [-0.15, -0.1) is 0 Å². The molecule has 0 aromatic heterocycles. The molecule has 0 aliphatic carbocycles. The Morgan fingerprint density at radius 1 is 1.38 bits per heavy atom. The highest BCUT2D eigenvalue weighted by atomic mass is 79.9. The number of carbonyl (C=O) groups excluding carboxylic acids is 1. The summed E-state index contributed by atoms with van der Waals surface area (Å²) in [5.74, 6) is -0.393. The van der Waals surface area contributed by atoms with E-state index in [2.05, 4.69) is 26.1 Å². The molecule has 1 aromatic rings. The highest BCUT2D eigenvalue weighted by molar-refractivity contribution is 9.10. The maximum Gasteiger partial charge on any atom is 0.283 e. The third-order valence-corrected chi connectivity index (χ3v) is 4.03. The van der Waals surface area contributed by atoms with Gasteiger partial charge in [-0.1, -0.05) is 15.9 Å². The number of hydrogen-bond donors (Lipinski definition) is 1. The molecule has 2 rings (SSSR count). The van der Waals surface area contributed by atoms with Crippen molar-refractivity contribution in [1.29, 1.82) is 0 Å². The highest BCUT2D eigenvalue weighted by Gasteiger charge is 2.20. The van der Waals surface area contributed by atoms with E-state index < -0.39 is 10.8 Å². The Labute approximate surface area is 131 Å². The number of nitro benzene ring substituents is 1.